The van der Waals surface area contributed by atoms with Crippen LogP contribution < -0.4 is 5.32 Å². The predicted octanol–water partition coefficient (Wildman–Crippen LogP) is 2.30. The van der Waals surface area contributed by atoms with E-state index in [2.05, 4.69) is 10.3 Å². The van der Waals surface area contributed by atoms with Crippen LogP contribution in [-0.2, 0) is 11.4 Å². The maximum Gasteiger partial charge on any atom is 0.234 e. The molecule has 0 radical (unpaired) electrons. The van der Waals surface area contributed by atoms with Gasteiger partial charge in [-0.3, -0.25) is 4.79 Å². The molecule has 2 N–H and O–H groups in total. The molecule has 0 atom stereocenters. The zero-order valence-corrected chi connectivity index (χ0v) is 11.1. The fourth-order valence-electron chi connectivity index (χ4n) is 1.54. The van der Waals surface area contributed by atoms with Gasteiger partial charge >= 0.3 is 0 Å². The first kappa shape index (κ1) is 13.6. The van der Waals surface area contributed by atoms with E-state index in [-0.39, 0.29) is 18.3 Å². The molecule has 0 fully saturated rings. The van der Waals surface area contributed by atoms with E-state index in [1.807, 2.05) is 30.3 Å². The monoisotopic (exact) mass is 274 g/mol. The summed E-state index contributed by atoms with van der Waals surface area (Å²) in [5, 5.41) is 12.8. The molecule has 0 saturated carbocycles. The minimum absolute atomic E-state index is 0.0934. The second kappa shape index (κ2) is 6.92. The lowest BCUT2D eigenvalue weighted by atomic mass is 10.2. The molecule has 1 aromatic heterocycles. The number of aliphatic hydroxyl groups excluding tert-OH is 1. The standard InChI is InChI=1S/C14H14N2O2S/c17-9-11-5-1-2-6-12(11)16-13(18)10-19-14-7-3-4-8-15-14/h1-8,17H,9-10H2,(H,16,18). The first-order valence-electron chi connectivity index (χ1n) is 5.82. The first-order chi connectivity index (χ1) is 9.29. The number of hydrogen-bond acceptors (Lipinski definition) is 4. The van der Waals surface area contributed by atoms with E-state index in [1.165, 1.54) is 11.8 Å². The van der Waals surface area contributed by atoms with Crippen molar-refractivity contribution in [3.63, 3.8) is 0 Å². The number of benzene rings is 1. The van der Waals surface area contributed by atoms with Crippen LogP contribution in [0.4, 0.5) is 5.69 Å². The molecule has 2 rings (SSSR count). The number of rotatable bonds is 5. The van der Waals surface area contributed by atoms with Crippen LogP contribution in [0, 0.1) is 0 Å². The minimum atomic E-state index is -0.114. The number of amides is 1. The lowest BCUT2D eigenvalue weighted by Gasteiger charge is -2.08. The number of carbonyl (C=O) groups excluding carboxylic acids is 1. The fourth-order valence-corrected chi connectivity index (χ4v) is 2.20. The number of anilines is 1. The van der Waals surface area contributed by atoms with Crippen molar-refractivity contribution in [2.45, 2.75) is 11.6 Å². The van der Waals surface area contributed by atoms with Crippen molar-refractivity contribution in [1.82, 2.24) is 4.98 Å². The first-order valence-corrected chi connectivity index (χ1v) is 6.80. The molecule has 0 saturated heterocycles. The normalized spacial score (nSPS) is 10.2. The summed E-state index contributed by atoms with van der Waals surface area (Å²) in [5.41, 5.74) is 1.36. The van der Waals surface area contributed by atoms with E-state index < -0.39 is 0 Å². The third-order valence-corrected chi connectivity index (χ3v) is 3.39. The molecule has 5 heteroatoms. The third kappa shape index (κ3) is 4.08. The quantitative estimate of drug-likeness (QED) is 0.821. The highest BCUT2D eigenvalue weighted by atomic mass is 32.2. The van der Waals surface area contributed by atoms with E-state index in [1.54, 1.807) is 18.3 Å². The highest BCUT2D eigenvalue weighted by molar-refractivity contribution is 7.99. The van der Waals surface area contributed by atoms with Crippen molar-refractivity contribution in [3.05, 3.63) is 54.2 Å². The molecule has 0 aliphatic heterocycles. The lowest BCUT2D eigenvalue weighted by Crippen LogP contribution is -2.15. The van der Waals surface area contributed by atoms with Crippen LogP contribution in [0.15, 0.2) is 53.7 Å². The highest BCUT2D eigenvalue weighted by Gasteiger charge is 2.06. The Morgan fingerprint density at radius 1 is 1.21 bits per heavy atom. The molecule has 1 amide bonds. The molecule has 1 aromatic carbocycles. The summed E-state index contributed by atoms with van der Waals surface area (Å²) in [6.45, 7) is -0.0934. The smallest absolute Gasteiger partial charge is 0.234 e. The Morgan fingerprint density at radius 3 is 2.74 bits per heavy atom. The molecule has 2 aromatic rings. The summed E-state index contributed by atoms with van der Waals surface area (Å²) < 4.78 is 0. The summed E-state index contributed by atoms with van der Waals surface area (Å²) in [4.78, 5) is 15.9. The Labute approximate surface area is 115 Å². The predicted molar refractivity (Wildman–Crippen MR) is 76.0 cm³/mol. The van der Waals surface area contributed by atoms with Gasteiger partial charge in [-0.05, 0) is 18.2 Å². The Bertz CT molecular complexity index is 546. The number of para-hydroxylation sites is 1. The van der Waals surface area contributed by atoms with Gasteiger partial charge in [-0.15, -0.1) is 0 Å². The number of nitrogens with one attached hydrogen (secondary N) is 1. The second-order valence-corrected chi connectivity index (χ2v) is 4.82. The molecule has 0 aliphatic carbocycles. The summed E-state index contributed by atoms with van der Waals surface area (Å²) in [6.07, 6.45) is 1.70. The molecule has 0 unspecified atom stereocenters. The Hall–Kier alpha value is -1.85. The van der Waals surface area contributed by atoms with Crippen molar-refractivity contribution < 1.29 is 9.90 Å². The van der Waals surface area contributed by atoms with Gasteiger partial charge in [0, 0.05) is 17.4 Å². The number of carbonyl (C=O) groups is 1. The van der Waals surface area contributed by atoms with Crippen molar-refractivity contribution in [1.29, 1.82) is 0 Å². The number of thioether (sulfide) groups is 1. The summed E-state index contributed by atoms with van der Waals surface area (Å²) in [7, 11) is 0. The van der Waals surface area contributed by atoms with Crippen LogP contribution in [-0.4, -0.2) is 21.8 Å². The molecular formula is C14H14N2O2S. The third-order valence-electron chi connectivity index (χ3n) is 2.45. The van der Waals surface area contributed by atoms with Gasteiger partial charge in [0.2, 0.25) is 5.91 Å². The molecule has 98 valence electrons. The summed E-state index contributed by atoms with van der Waals surface area (Å²) in [5.74, 6) is 0.174. The minimum Gasteiger partial charge on any atom is -0.392 e. The van der Waals surface area contributed by atoms with Gasteiger partial charge < -0.3 is 10.4 Å². The van der Waals surface area contributed by atoms with Crippen LogP contribution in [0.2, 0.25) is 0 Å². The molecule has 19 heavy (non-hydrogen) atoms. The van der Waals surface area contributed by atoms with E-state index in [9.17, 15) is 9.90 Å². The topological polar surface area (TPSA) is 62.2 Å². The molecular weight excluding hydrogens is 260 g/mol. The van der Waals surface area contributed by atoms with Crippen LogP contribution in [0.25, 0.3) is 0 Å². The van der Waals surface area contributed by atoms with Gasteiger partial charge in [0.25, 0.3) is 0 Å². The summed E-state index contributed by atoms with van der Waals surface area (Å²) in [6, 6.07) is 12.8. The largest absolute Gasteiger partial charge is 0.392 e. The van der Waals surface area contributed by atoms with Crippen molar-refractivity contribution in [3.8, 4) is 0 Å². The van der Waals surface area contributed by atoms with Crippen molar-refractivity contribution in [2.75, 3.05) is 11.1 Å². The number of aliphatic hydroxyl groups is 1. The summed E-state index contributed by atoms with van der Waals surface area (Å²) >= 11 is 1.38. The van der Waals surface area contributed by atoms with E-state index in [0.29, 0.717) is 11.3 Å². The number of pyridine rings is 1. The van der Waals surface area contributed by atoms with Gasteiger partial charge in [0.1, 0.15) is 0 Å². The molecule has 1 heterocycles. The number of nitrogens with zero attached hydrogens (tertiary/aromatic N) is 1. The van der Waals surface area contributed by atoms with Crippen molar-refractivity contribution in [2.24, 2.45) is 0 Å². The van der Waals surface area contributed by atoms with Crippen molar-refractivity contribution >= 4 is 23.4 Å². The Kier molecular flexibility index (Phi) is 4.94. The van der Waals surface area contributed by atoms with Crippen LogP contribution >= 0.6 is 11.8 Å². The zero-order chi connectivity index (χ0) is 13.5. The van der Waals surface area contributed by atoms with E-state index in [0.717, 1.165) is 5.03 Å². The van der Waals surface area contributed by atoms with E-state index >= 15 is 0 Å². The Morgan fingerprint density at radius 2 is 2.00 bits per heavy atom. The van der Waals surface area contributed by atoms with Gasteiger partial charge in [-0.25, -0.2) is 4.98 Å². The highest BCUT2D eigenvalue weighted by Crippen LogP contribution is 2.17. The average Bonchev–Trinajstić information content (AvgIpc) is 2.47. The SMILES string of the molecule is O=C(CSc1ccccn1)Nc1ccccc1CO. The molecule has 0 spiro atoms. The molecule has 0 bridgehead atoms. The number of aromatic nitrogens is 1. The Balaban J connectivity index is 1.91. The maximum atomic E-state index is 11.8. The van der Waals surface area contributed by atoms with Gasteiger partial charge in [0.05, 0.1) is 17.4 Å². The fraction of sp³-hybridized carbons (Fsp3) is 0.143. The van der Waals surface area contributed by atoms with E-state index in [4.69, 9.17) is 0 Å². The maximum absolute atomic E-state index is 11.8. The van der Waals surface area contributed by atoms with Gasteiger partial charge in [0.15, 0.2) is 0 Å². The van der Waals surface area contributed by atoms with Crippen LogP contribution in [0.3, 0.4) is 0 Å². The van der Waals surface area contributed by atoms with Gasteiger partial charge in [-0.2, -0.15) is 0 Å². The average molecular weight is 274 g/mol. The zero-order valence-electron chi connectivity index (χ0n) is 10.2. The lowest BCUT2D eigenvalue weighted by molar-refractivity contribution is -0.113. The van der Waals surface area contributed by atoms with Crippen LogP contribution in [0.5, 0.6) is 0 Å². The van der Waals surface area contributed by atoms with Crippen LogP contribution in [0.1, 0.15) is 5.56 Å². The number of hydrogen-bond donors (Lipinski definition) is 2. The van der Waals surface area contributed by atoms with Gasteiger partial charge in [-0.1, -0.05) is 36.0 Å². The molecule has 4 nitrogen and oxygen atoms in total. The second-order valence-electron chi connectivity index (χ2n) is 3.82. The molecule has 0 aliphatic rings.